The van der Waals surface area contributed by atoms with E-state index in [1.807, 2.05) is 6.92 Å². The summed E-state index contributed by atoms with van der Waals surface area (Å²) in [6.45, 7) is 5.08. The van der Waals surface area contributed by atoms with Gasteiger partial charge in [-0.05, 0) is 18.9 Å². The zero-order valence-corrected chi connectivity index (χ0v) is 12.3. The number of hydrogen-bond acceptors (Lipinski definition) is 4. The average Bonchev–Trinajstić information content (AvgIpc) is 2.97. The van der Waals surface area contributed by atoms with Crippen molar-refractivity contribution in [3.8, 4) is 0 Å². The molecule has 1 heterocycles. The first-order valence-corrected chi connectivity index (χ1v) is 6.73. The van der Waals surface area contributed by atoms with Gasteiger partial charge in [-0.2, -0.15) is 0 Å². The van der Waals surface area contributed by atoms with Crippen LogP contribution in [-0.4, -0.2) is 35.0 Å². The summed E-state index contributed by atoms with van der Waals surface area (Å²) in [6.07, 6.45) is 3.23. The Bertz CT molecular complexity index is 497. The Morgan fingerprint density at radius 3 is 2.43 bits per heavy atom. The van der Waals surface area contributed by atoms with E-state index in [-0.39, 0.29) is 5.92 Å². The number of carboxylic acid groups (broad SMARTS) is 1. The van der Waals surface area contributed by atoms with Gasteiger partial charge >= 0.3 is 5.97 Å². The third-order valence-electron chi connectivity index (χ3n) is 3.30. The molecule has 21 heavy (non-hydrogen) atoms. The molecule has 1 aromatic rings. The zero-order chi connectivity index (χ0) is 16.0. The largest absolute Gasteiger partial charge is 0.480 e. The van der Waals surface area contributed by atoms with Crippen LogP contribution in [0.15, 0.2) is 23.0 Å². The molecule has 0 aliphatic carbocycles. The van der Waals surface area contributed by atoms with E-state index < -0.39 is 29.9 Å². The van der Waals surface area contributed by atoms with Crippen LogP contribution in [0.4, 0.5) is 0 Å². The van der Waals surface area contributed by atoms with Crippen molar-refractivity contribution in [1.82, 2.24) is 10.6 Å². The Morgan fingerprint density at radius 2 is 1.95 bits per heavy atom. The van der Waals surface area contributed by atoms with Gasteiger partial charge in [-0.25, -0.2) is 4.79 Å². The third-order valence-corrected chi connectivity index (χ3v) is 3.30. The Labute approximate surface area is 122 Å². The molecule has 2 amide bonds. The number of nitrogens with one attached hydrogen (secondary N) is 2. The van der Waals surface area contributed by atoms with Crippen molar-refractivity contribution in [2.75, 3.05) is 0 Å². The minimum Gasteiger partial charge on any atom is -0.480 e. The Balaban J connectivity index is 2.61. The molecule has 0 spiro atoms. The highest BCUT2D eigenvalue weighted by Crippen LogP contribution is 2.08. The summed E-state index contributed by atoms with van der Waals surface area (Å²) in [4.78, 5) is 34.9. The Morgan fingerprint density at radius 1 is 1.29 bits per heavy atom. The predicted molar refractivity (Wildman–Crippen MR) is 74.7 cm³/mol. The molecule has 1 rings (SSSR count). The molecule has 0 radical (unpaired) electrons. The number of carbonyl (C=O) groups excluding carboxylic acids is 2. The first-order valence-electron chi connectivity index (χ1n) is 6.73. The number of carboxylic acids is 1. The smallest absolute Gasteiger partial charge is 0.326 e. The molecule has 3 N–H and O–H groups in total. The van der Waals surface area contributed by atoms with E-state index in [1.54, 1.807) is 6.92 Å². The molecule has 0 saturated heterocycles. The van der Waals surface area contributed by atoms with Crippen LogP contribution in [0.5, 0.6) is 0 Å². The molecular weight excluding hydrogens is 276 g/mol. The van der Waals surface area contributed by atoms with E-state index in [0.717, 1.165) is 0 Å². The molecule has 0 bridgehead atoms. The van der Waals surface area contributed by atoms with Crippen LogP contribution >= 0.6 is 0 Å². The maximum Gasteiger partial charge on any atom is 0.326 e. The third kappa shape index (κ3) is 4.62. The topological polar surface area (TPSA) is 109 Å². The highest BCUT2D eigenvalue weighted by atomic mass is 16.4. The Kier molecular flexibility index (Phi) is 5.95. The molecule has 0 aliphatic heterocycles. The second-order valence-electron chi connectivity index (χ2n) is 4.92. The first kappa shape index (κ1) is 16.7. The normalized spacial score (nSPS) is 14.8. The van der Waals surface area contributed by atoms with Crippen molar-refractivity contribution < 1.29 is 23.9 Å². The molecule has 0 aliphatic rings. The number of aliphatic carboxylic acids is 1. The quantitative estimate of drug-likeness (QED) is 0.696. The second kappa shape index (κ2) is 7.47. The molecule has 0 aromatic carbocycles. The van der Waals surface area contributed by atoms with Gasteiger partial charge < -0.3 is 20.2 Å². The minimum atomic E-state index is -1.09. The van der Waals surface area contributed by atoms with E-state index in [1.165, 1.54) is 25.5 Å². The summed E-state index contributed by atoms with van der Waals surface area (Å²) in [5, 5.41) is 14.0. The van der Waals surface area contributed by atoms with Crippen molar-refractivity contribution in [2.45, 2.75) is 39.3 Å². The fourth-order valence-corrected chi connectivity index (χ4v) is 1.70. The van der Waals surface area contributed by atoms with Gasteiger partial charge in [-0.3, -0.25) is 9.59 Å². The number of hydrogen-bond donors (Lipinski definition) is 3. The van der Waals surface area contributed by atoms with Crippen molar-refractivity contribution in [2.24, 2.45) is 5.92 Å². The van der Waals surface area contributed by atoms with E-state index in [0.29, 0.717) is 12.0 Å². The number of rotatable bonds is 7. The summed E-state index contributed by atoms with van der Waals surface area (Å²) in [5.74, 6) is -2.30. The van der Waals surface area contributed by atoms with Gasteiger partial charge in [0, 0.05) is 0 Å². The van der Waals surface area contributed by atoms with Crippen molar-refractivity contribution in [1.29, 1.82) is 0 Å². The summed E-state index contributed by atoms with van der Waals surface area (Å²) < 4.78 is 4.78. The average molecular weight is 296 g/mol. The first-order chi connectivity index (χ1) is 9.86. The highest BCUT2D eigenvalue weighted by molar-refractivity contribution is 5.97. The standard InChI is InChI=1S/C14H20N2O5/c1-4-8(2)11(14(19)20)16-12(17)9(3)15-13(18)10-5-6-21-7-10/h5-9,11H,4H2,1-3H3,(H,15,18)(H,16,17)(H,19,20). The molecular formula is C14H20N2O5. The maximum absolute atomic E-state index is 12.0. The molecule has 0 fully saturated rings. The molecule has 1 aromatic heterocycles. The zero-order valence-electron chi connectivity index (χ0n) is 12.3. The second-order valence-corrected chi connectivity index (χ2v) is 4.92. The number of amides is 2. The fraction of sp³-hybridized carbons (Fsp3) is 0.500. The van der Waals surface area contributed by atoms with Crippen molar-refractivity contribution in [3.05, 3.63) is 24.2 Å². The van der Waals surface area contributed by atoms with Gasteiger partial charge in [0.1, 0.15) is 18.3 Å². The summed E-state index contributed by atoms with van der Waals surface area (Å²) in [5.41, 5.74) is 0.298. The van der Waals surface area contributed by atoms with Crippen LogP contribution < -0.4 is 10.6 Å². The van der Waals surface area contributed by atoms with Crippen LogP contribution in [0.3, 0.4) is 0 Å². The van der Waals surface area contributed by atoms with Crippen LogP contribution in [-0.2, 0) is 9.59 Å². The Hall–Kier alpha value is -2.31. The van der Waals surface area contributed by atoms with Gasteiger partial charge in [-0.15, -0.1) is 0 Å². The molecule has 3 unspecified atom stereocenters. The lowest BCUT2D eigenvalue weighted by Gasteiger charge is -2.22. The van der Waals surface area contributed by atoms with Crippen LogP contribution in [0, 0.1) is 5.92 Å². The van der Waals surface area contributed by atoms with Crippen LogP contribution in [0.2, 0.25) is 0 Å². The lowest BCUT2D eigenvalue weighted by molar-refractivity contribution is -0.143. The molecule has 116 valence electrons. The number of furan rings is 1. The maximum atomic E-state index is 12.0. The summed E-state index contributed by atoms with van der Waals surface area (Å²) >= 11 is 0. The van der Waals surface area contributed by atoms with Gasteiger partial charge in [-0.1, -0.05) is 20.3 Å². The van der Waals surface area contributed by atoms with Gasteiger partial charge in [0.2, 0.25) is 5.91 Å². The van der Waals surface area contributed by atoms with Gasteiger partial charge in [0.25, 0.3) is 5.91 Å². The molecule has 7 heteroatoms. The van der Waals surface area contributed by atoms with E-state index in [9.17, 15) is 14.4 Å². The van der Waals surface area contributed by atoms with E-state index in [4.69, 9.17) is 9.52 Å². The van der Waals surface area contributed by atoms with E-state index >= 15 is 0 Å². The molecule has 3 atom stereocenters. The van der Waals surface area contributed by atoms with Crippen LogP contribution in [0.25, 0.3) is 0 Å². The minimum absolute atomic E-state index is 0.205. The van der Waals surface area contributed by atoms with Crippen molar-refractivity contribution in [3.63, 3.8) is 0 Å². The van der Waals surface area contributed by atoms with Crippen LogP contribution in [0.1, 0.15) is 37.6 Å². The lowest BCUT2D eigenvalue weighted by Crippen LogP contribution is -2.52. The summed E-state index contributed by atoms with van der Waals surface area (Å²) in [7, 11) is 0. The predicted octanol–water partition coefficient (Wildman–Crippen LogP) is 1.01. The highest BCUT2D eigenvalue weighted by Gasteiger charge is 2.27. The van der Waals surface area contributed by atoms with Gasteiger partial charge in [0.15, 0.2) is 0 Å². The number of carbonyl (C=O) groups is 3. The lowest BCUT2D eigenvalue weighted by atomic mass is 9.99. The molecule has 7 nitrogen and oxygen atoms in total. The monoisotopic (exact) mass is 296 g/mol. The SMILES string of the molecule is CCC(C)C(NC(=O)C(C)NC(=O)c1ccoc1)C(=O)O. The molecule has 0 saturated carbocycles. The van der Waals surface area contributed by atoms with Gasteiger partial charge in [0.05, 0.1) is 11.8 Å². The van der Waals surface area contributed by atoms with E-state index in [2.05, 4.69) is 10.6 Å². The summed E-state index contributed by atoms with van der Waals surface area (Å²) in [6, 6.07) is -0.354. The van der Waals surface area contributed by atoms with Crippen molar-refractivity contribution >= 4 is 17.8 Å². The fourth-order valence-electron chi connectivity index (χ4n) is 1.70.